The molecule has 1 atom stereocenters. The van der Waals surface area contributed by atoms with Gasteiger partial charge in [-0.25, -0.2) is 0 Å². The van der Waals surface area contributed by atoms with Crippen LogP contribution in [0.15, 0.2) is 18.3 Å². The van der Waals surface area contributed by atoms with Gasteiger partial charge in [-0.3, -0.25) is 9.78 Å². The highest BCUT2D eigenvalue weighted by molar-refractivity contribution is 5.77. The van der Waals surface area contributed by atoms with Crippen LogP contribution in [-0.2, 0) is 9.53 Å². The van der Waals surface area contributed by atoms with Gasteiger partial charge in [0.05, 0.1) is 17.8 Å². The van der Waals surface area contributed by atoms with E-state index < -0.39 is 0 Å². The minimum absolute atomic E-state index is 0.0503. The molecule has 0 spiro atoms. The van der Waals surface area contributed by atoms with Crippen LogP contribution < -0.4 is 5.32 Å². The molecule has 1 saturated carbocycles. The summed E-state index contributed by atoms with van der Waals surface area (Å²) in [6.07, 6.45) is 6.64. The summed E-state index contributed by atoms with van der Waals surface area (Å²) >= 11 is 0. The number of aromatic nitrogens is 1. The zero-order valence-electron chi connectivity index (χ0n) is 13.3. The summed E-state index contributed by atoms with van der Waals surface area (Å²) in [4.78, 5) is 16.6. The van der Waals surface area contributed by atoms with Gasteiger partial charge in [0.2, 0.25) is 5.91 Å². The highest BCUT2D eigenvalue weighted by atomic mass is 16.5. The summed E-state index contributed by atoms with van der Waals surface area (Å²) in [5, 5.41) is 3.07. The third-order valence-electron chi connectivity index (χ3n) is 4.08. The molecule has 1 aliphatic carbocycles. The zero-order valence-corrected chi connectivity index (χ0v) is 13.3. The summed E-state index contributed by atoms with van der Waals surface area (Å²) in [6, 6.07) is 3.88. The van der Waals surface area contributed by atoms with E-state index in [-0.39, 0.29) is 30.6 Å². The Morgan fingerprint density at radius 2 is 2.14 bits per heavy atom. The molecular formula is C17H26N2O2. The Kier molecular flexibility index (Phi) is 5.74. The number of carbonyl (C=O) groups excluding carboxylic acids is 1. The average molecular weight is 290 g/mol. The number of ether oxygens (including phenoxy) is 1. The average Bonchev–Trinajstić information content (AvgIpc) is 2.96. The first kappa shape index (κ1) is 16.0. The lowest BCUT2D eigenvalue weighted by atomic mass is 9.97. The molecular weight excluding hydrogens is 264 g/mol. The Balaban J connectivity index is 1.93. The number of carbonyl (C=O) groups is 1. The van der Waals surface area contributed by atoms with Crippen LogP contribution in [-0.4, -0.2) is 23.6 Å². The van der Waals surface area contributed by atoms with E-state index in [4.69, 9.17) is 4.74 Å². The van der Waals surface area contributed by atoms with Crippen molar-refractivity contribution < 1.29 is 9.53 Å². The van der Waals surface area contributed by atoms with Crippen molar-refractivity contribution in [1.82, 2.24) is 10.3 Å². The molecule has 4 heteroatoms. The van der Waals surface area contributed by atoms with E-state index in [2.05, 4.69) is 24.1 Å². The number of amides is 1. The highest BCUT2D eigenvalue weighted by Crippen LogP contribution is 2.23. The fourth-order valence-corrected chi connectivity index (χ4v) is 2.84. The smallest absolute Gasteiger partial charge is 0.246 e. The van der Waals surface area contributed by atoms with Crippen LogP contribution in [0.1, 0.15) is 56.8 Å². The van der Waals surface area contributed by atoms with Gasteiger partial charge in [0.25, 0.3) is 0 Å². The molecule has 1 amide bonds. The van der Waals surface area contributed by atoms with Gasteiger partial charge in [0, 0.05) is 6.20 Å². The van der Waals surface area contributed by atoms with Crippen LogP contribution in [0.25, 0.3) is 0 Å². The molecule has 4 nitrogen and oxygen atoms in total. The fraction of sp³-hybridized carbons (Fsp3) is 0.647. The van der Waals surface area contributed by atoms with Crippen molar-refractivity contribution in [3.05, 3.63) is 29.6 Å². The van der Waals surface area contributed by atoms with Gasteiger partial charge >= 0.3 is 0 Å². The van der Waals surface area contributed by atoms with Gasteiger partial charge in [-0.2, -0.15) is 0 Å². The summed E-state index contributed by atoms with van der Waals surface area (Å²) in [7, 11) is 0. The maximum Gasteiger partial charge on any atom is 0.246 e. The van der Waals surface area contributed by atoms with E-state index >= 15 is 0 Å². The van der Waals surface area contributed by atoms with Gasteiger partial charge < -0.3 is 10.1 Å². The molecule has 0 saturated heterocycles. The Morgan fingerprint density at radius 3 is 2.76 bits per heavy atom. The lowest BCUT2D eigenvalue weighted by Gasteiger charge is -2.23. The largest absolute Gasteiger partial charge is 0.368 e. The van der Waals surface area contributed by atoms with Crippen LogP contribution in [0.4, 0.5) is 0 Å². The van der Waals surface area contributed by atoms with E-state index in [0.29, 0.717) is 0 Å². The van der Waals surface area contributed by atoms with E-state index in [1.165, 1.54) is 12.8 Å². The van der Waals surface area contributed by atoms with Gasteiger partial charge in [0.1, 0.15) is 6.61 Å². The van der Waals surface area contributed by atoms with Gasteiger partial charge in [0.15, 0.2) is 0 Å². The summed E-state index contributed by atoms with van der Waals surface area (Å²) < 4.78 is 5.68. The van der Waals surface area contributed by atoms with Crippen molar-refractivity contribution in [1.29, 1.82) is 0 Å². The molecule has 1 fully saturated rings. The summed E-state index contributed by atoms with van der Waals surface area (Å²) in [5.41, 5.74) is 2.05. The van der Waals surface area contributed by atoms with Crippen molar-refractivity contribution in [2.24, 2.45) is 5.92 Å². The topological polar surface area (TPSA) is 51.2 Å². The minimum Gasteiger partial charge on any atom is -0.368 e. The standard InChI is InChI=1S/C17H26N2O2/c1-12(2)16(17-13(3)7-6-10-18-17)19-15(20)11-21-14-8-4-5-9-14/h6-7,10,12,14,16H,4-5,8-9,11H2,1-3H3,(H,19,20)/t16-/m1/s1. The van der Waals surface area contributed by atoms with Crippen LogP contribution >= 0.6 is 0 Å². The molecule has 0 aliphatic heterocycles. The SMILES string of the molecule is Cc1cccnc1[C@H](NC(=O)COC1CCCC1)C(C)C. The van der Waals surface area contributed by atoms with Crippen molar-refractivity contribution in [2.75, 3.05) is 6.61 Å². The Hall–Kier alpha value is -1.42. The molecule has 1 heterocycles. The number of hydrogen-bond acceptors (Lipinski definition) is 3. The third kappa shape index (κ3) is 4.53. The quantitative estimate of drug-likeness (QED) is 0.875. The number of nitrogens with one attached hydrogen (secondary N) is 1. The molecule has 1 aromatic rings. The molecule has 1 aromatic heterocycles. The lowest BCUT2D eigenvalue weighted by Crippen LogP contribution is -2.36. The molecule has 21 heavy (non-hydrogen) atoms. The fourth-order valence-electron chi connectivity index (χ4n) is 2.84. The van der Waals surface area contributed by atoms with E-state index in [0.717, 1.165) is 24.1 Å². The lowest BCUT2D eigenvalue weighted by molar-refractivity contribution is -0.128. The second-order valence-corrected chi connectivity index (χ2v) is 6.21. The Bertz CT molecular complexity index is 468. The molecule has 1 aliphatic rings. The molecule has 2 rings (SSSR count). The first-order valence-corrected chi connectivity index (χ1v) is 7.90. The normalized spacial score (nSPS) is 17.1. The van der Waals surface area contributed by atoms with E-state index in [1.54, 1.807) is 6.20 Å². The van der Waals surface area contributed by atoms with E-state index in [9.17, 15) is 4.79 Å². The zero-order chi connectivity index (χ0) is 15.2. The summed E-state index contributed by atoms with van der Waals surface area (Å²) in [6.45, 7) is 6.37. The second-order valence-electron chi connectivity index (χ2n) is 6.21. The first-order chi connectivity index (χ1) is 10.1. The molecule has 116 valence electrons. The van der Waals surface area contributed by atoms with Crippen molar-refractivity contribution in [3.8, 4) is 0 Å². The van der Waals surface area contributed by atoms with Crippen molar-refractivity contribution >= 4 is 5.91 Å². The molecule has 0 aromatic carbocycles. The van der Waals surface area contributed by atoms with Crippen LogP contribution in [0.3, 0.4) is 0 Å². The summed E-state index contributed by atoms with van der Waals surface area (Å²) in [5.74, 6) is 0.236. The highest BCUT2D eigenvalue weighted by Gasteiger charge is 2.22. The van der Waals surface area contributed by atoms with E-state index in [1.807, 2.05) is 19.1 Å². The van der Waals surface area contributed by atoms with Gasteiger partial charge in [-0.15, -0.1) is 0 Å². The minimum atomic E-state index is -0.0640. The molecule has 0 bridgehead atoms. The predicted molar refractivity (Wildman–Crippen MR) is 82.9 cm³/mol. The maximum absolute atomic E-state index is 12.1. The molecule has 0 radical (unpaired) electrons. The Labute approximate surface area is 127 Å². The van der Waals surface area contributed by atoms with Gasteiger partial charge in [-0.1, -0.05) is 32.8 Å². The monoisotopic (exact) mass is 290 g/mol. The number of nitrogens with zero attached hydrogens (tertiary/aromatic N) is 1. The van der Waals surface area contributed by atoms with Crippen LogP contribution in [0.5, 0.6) is 0 Å². The number of hydrogen-bond donors (Lipinski definition) is 1. The van der Waals surface area contributed by atoms with Crippen LogP contribution in [0, 0.1) is 12.8 Å². The predicted octanol–water partition coefficient (Wildman–Crippen LogP) is 3.16. The Morgan fingerprint density at radius 1 is 1.43 bits per heavy atom. The van der Waals surface area contributed by atoms with Crippen molar-refractivity contribution in [2.45, 2.75) is 58.6 Å². The number of pyridine rings is 1. The number of aryl methyl sites for hydroxylation is 1. The third-order valence-corrected chi connectivity index (χ3v) is 4.08. The molecule has 1 N–H and O–H groups in total. The van der Waals surface area contributed by atoms with Crippen LogP contribution in [0.2, 0.25) is 0 Å². The van der Waals surface area contributed by atoms with Crippen molar-refractivity contribution in [3.63, 3.8) is 0 Å². The first-order valence-electron chi connectivity index (χ1n) is 7.90. The maximum atomic E-state index is 12.1. The number of rotatable bonds is 6. The second kappa shape index (κ2) is 7.55. The van der Waals surface area contributed by atoms with Gasteiger partial charge in [-0.05, 0) is 37.3 Å². The molecule has 0 unspecified atom stereocenters.